The van der Waals surface area contributed by atoms with Gasteiger partial charge in [0.05, 0.1) is 0 Å². The Morgan fingerprint density at radius 1 is 0.483 bits per heavy atom. The van der Waals surface area contributed by atoms with Crippen molar-refractivity contribution in [2.75, 3.05) is 11.5 Å². The number of rotatable bonds is 4. The Bertz CT molecular complexity index is 1090. The van der Waals surface area contributed by atoms with Gasteiger partial charge in [-0.1, -0.05) is 12.1 Å². The SMILES string of the molecule is Nc1ccc(Oc2ccc3c(c2)Cc2cc(Oc4ccc(N)cc4)ccc2-3)cc1. The molecular formula is C25H20N2O2. The summed E-state index contributed by atoms with van der Waals surface area (Å²) in [5.41, 5.74) is 17.9. The minimum Gasteiger partial charge on any atom is -0.457 e. The summed E-state index contributed by atoms with van der Waals surface area (Å²) in [5.74, 6) is 3.18. The van der Waals surface area contributed by atoms with Gasteiger partial charge in [0, 0.05) is 11.4 Å². The summed E-state index contributed by atoms with van der Waals surface area (Å²) in [4.78, 5) is 0. The van der Waals surface area contributed by atoms with Gasteiger partial charge in [0.2, 0.25) is 0 Å². The first kappa shape index (κ1) is 17.2. The summed E-state index contributed by atoms with van der Waals surface area (Å²) < 4.78 is 12.0. The third-order valence-corrected chi connectivity index (χ3v) is 5.06. The van der Waals surface area contributed by atoms with Gasteiger partial charge in [0.25, 0.3) is 0 Å². The Kier molecular flexibility index (Phi) is 4.10. The fraction of sp³-hybridized carbons (Fsp3) is 0.0400. The van der Waals surface area contributed by atoms with Crippen molar-refractivity contribution in [2.45, 2.75) is 6.42 Å². The summed E-state index contributed by atoms with van der Waals surface area (Å²) in [6.07, 6.45) is 0.850. The molecule has 5 rings (SSSR count). The standard InChI is InChI=1S/C25H20N2O2/c26-18-1-5-20(6-2-18)28-22-9-11-24-16(14-22)13-17-15-23(10-12-25(17)24)29-21-7-3-19(27)4-8-21/h1-12,14-15H,13,26-27H2. The van der Waals surface area contributed by atoms with Gasteiger partial charge in [-0.05, 0) is 101 Å². The van der Waals surface area contributed by atoms with E-state index in [9.17, 15) is 0 Å². The molecule has 29 heavy (non-hydrogen) atoms. The third-order valence-electron chi connectivity index (χ3n) is 5.06. The Labute approximate surface area is 169 Å². The minimum absolute atomic E-state index is 0.721. The van der Waals surface area contributed by atoms with Crippen molar-refractivity contribution >= 4 is 11.4 Å². The molecule has 0 aliphatic heterocycles. The van der Waals surface area contributed by atoms with E-state index in [1.165, 1.54) is 22.3 Å². The van der Waals surface area contributed by atoms with Crippen molar-refractivity contribution in [2.24, 2.45) is 0 Å². The summed E-state index contributed by atoms with van der Waals surface area (Å²) in [6, 6.07) is 27.3. The van der Waals surface area contributed by atoms with E-state index >= 15 is 0 Å². The van der Waals surface area contributed by atoms with Crippen LogP contribution >= 0.6 is 0 Å². The van der Waals surface area contributed by atoms with Gasteiger partial charge in [-0.25, -0.2) is 0 Å². The van der Waals surface area contributed by atoms with Crippen molar-refractivity contribution in [3.05, 3.63) is 96.1 Å². The highest BCUT2D eigenvalue weighted by Gasteiger charge is 2.20. The van der Waals surface area contributed by atoms with Gasteiger partial charge >= 0.3 is 0 Å². The normalized spacial score (nSPS) is 11.6. The molecule has 4 nitrogen and oxygen atoms in total. The molecule has 0 fully saturated rings. The number of fused-ring (bicyclic) bond motifs is 3. The minimum atomic E-state index is 0.721. The molecule has 0 atom stereocenters. The summed E-state index contributed by atoms with van der Waals surface area (Å²) in [6.45, 7) is 0. The number of benzene rings is 4. The van der Waals surface area contributed by atoms with Crippen molar-refractivity contribution in [3.63, 3.8) is 0 Å². The zero-order valence-corrected chi connectivity index (χ0v) is 15.8. The van der Waals surface area contributed by atoms with Crippen LogP contribution in [0.15, 0.2) is 84.9 Å². The van der Waals surface area contributed by atoms with E-state index in [4.69, 9.17) is 20.9 Å². The fourth-order valence-electron chi connectivity index (χ4n) is 3.63. The van der Waals surface area contributed by atoms with Gasteiger partial charge in [0.15, 0.2) is 0 Å². The number of nitrogens with two attached hydrogens (primary N) is 2. The second-order valence-electron chi connectivity index (χ2n) is 7.16. The summed E-state index contributed by atoms with van der Waals surface area (Å²) in [7, 11) is 0. The molecule has 142 valence electrons. The van der Waals surface area contributed by atoms with Crippen LogP contribution in [0, 0.1) is 0 Å². The average Bonchev–Trinajstić information content (AvgIpc) is 3.08. The number of hydrogen-bond acceptors (Lipinski definition) is 4. The van der Waals surface area contributed by atoms with Crippen LogP contribution in [-0.2, 0) is 6.42 Å². The molecule has 0 radical (unpaired) electrons. The first-order valence-electron chi connectivity index (χ1n) is 9.47. The van der Waals surface area contributed by atoms with Gasteiger partial charge < -0.3 is 20.9 Å². The highest BCUT2D eigenvalue weighted by Crippen LogP contribution is 2.41. The number of anilines is 2. The van der Waals surface area contributed by atoms with Crippen LogP contribution < -0.4 is 20.9 Å². The molecule has 4 aromatic carbocycles. The topological polar surface area (TPSA) is 70.5 Å². The number of nitrogen functional groups attached to an aromatic ring is 2. The molecule has 0 amide bonds. The highest BCUT2D eigenvalue weighted by atomic mass is 16.5. The molecule has 4 aromatic rings. The largest absolute Gasteiger partial charge is 0.457 e. The zero-order valence-electron chi connectivity index (χ0n) is 15.8. The lowest BCUT2D eigenvalue weighted by molar-refractivity contribution is 0.482. The molecule has 0 aromatic heterocycles. The van der Waals surface area contributed by atoms with E-state index in [1.54, 1.807) is 0 Å². The fourth-order valence-corrected chi connectivity index (χ4v) is 3.63. The van der Waals surface area contributed by atoms with E-state index < -0.39 is 0 Å². The molecule has 1 aliphatic carbocycles. The monoisotopic (exact) mass is 380 g/mol. The third kappa shape index (κ3) is 3.48. The Morgan fingerprint density at radius 3 is 1.28 bits per heavy atom. The zero-order chi connectivity index (χ0) is 19.8. The number of hydrogen-bond donors (Lipinski definition) is 2. The molecule has 0 heterocycles. The maximum Gasteiger partial charge on any atom is 0.127 e. The summed E-state index contributed by atoms with van der Waals surface area (Å²) in [5, 5.41) is 0. The lowest BCUT2D eigenvalue weighted by Gasteiger charge is -2.09. The average molecular weight is 380 g/mol. The molecular weight excluding hydrogens is 360 g/mol. The summed E-state index contributed by atoms with van der Waals surface area (Å²) >= 11 is 0. The first-order valence-corrected chi connectivity index (χ1v) is 9.47. The molecule has 0 unspecified atom stereocenters. The van der Waals surface area contributed by atoms with E-state index in [1.807, 2.05) is 60.7 Å². The van der Waals surface area contributed by atoms with E-state index in [-0.39, 0.29) is 0 Å². The van der Waals surface area contributed by atoms with Crippen LogP contribution in [0.4, 0.5) is 11.4 Å². The van der Waals surface area contributed by atoms with Gasteiger partial charge in [-0.15, -0.1) is 0 Å². The molecule has 0 spiro atoms. The smallest absolute Gasteiger partial charge is 0.127 e. The van der Waals surface area contributed by atoms with Gasteiger partial charge in [0.1, 0.15) is 23.0 Å². The van der Waals surface area contributed by atoms with E-state index in [0.717, 1.165) is 40.8 Å². The van der Waals surface area contributed by atoms with Crippen molar-refractivity contribution < 1.29 is 9.47 Å². The molecule has 1 aliphatic rings. The Morgan fingerprint density at radius 2 is 0.862 bits per heavy atom. The molecule has 4 heteroatoms. The van der Waals surface area contributed by atoms with Crippen LogP contribution in [0.3, 0.4) is 0 Å². The van der Waals surface area contributed by atoms with Crippen LogP contribution in [0.2, 0.25) is 0 Å². The van der Waals surface area contributed by atoms with Crippen LogP contribution in [0.5, 0.6) is 23.0 Å². The van der Waals surface area contributed by atoms with Crippen LogP contribution in [0.1, 0.15) is 11.1 Å². The van der Waals surface area contributed by atoms with E-state index in [2.05, 4.69) is 24.3 Å². The molecule has 0 saturated heterocycles. The first-order chi connectivity index (χ1) is 14.1. The quantitative estimate of drug-likeness (QED) is 0.375. The van der Waals surface area contributed by atoms with Gasteiger partial charge in [-0.2, -0.15) is 0 Å². The number of ether oxygens (including phenoxy) is 2. The lowest BCUT2D eigenvalue weighted by Crippen LogP contribution is -1.88. The Hall–Kier alpha value is -3.92. The molecule has 0 saturated carbocycles. The predicted molar refractivity (Wildman–Crippen MR) is 117 cm³/mol. The predicted octanol–water partition coefficient (Wildman–Crippen LogP) is 6.01. The highest BCUT2D eigenvalue weighted by molar-refractivity contribution is 5.78. The van der Waals surface area contributed by atoms with Crippen molar-refractivity contribution in [3.8, 4) is 34.1 Å². The van der Waals surface area contributed by atoms with Crippen LogP contribution in [0.25, 0.3) is 11.1 Å². The van der Waals surface area contributed by atoms with Crippen LogP contribution in [-0.4, -0.2) is 0 Å². The maximum atomic E-state index is 5.98. The van der Waals surface area contributed by atoms with E-state index in [0.29, 0.717) is 0 Å². The maximum absolute atomic E-state index is 5.98. The molecule has 4 N–H and O–H groups in total. The molecule has 0 bridgehead atoms. The second-order valence-corrected chi connectivity index (χ2v) is 7.16. The second kappa shape index (κ2) is 6.91. The lowest BCUT2D eigenvalue weighted by atomic mass is 10.1. The van der Waals surface area contributed by atoms with Crippen molar-refractivity contribution in [1.29, 1.82) is 0 Å². The van der Waals surface area contributed by atoms with Gasteiger partial charge in [-0.3, -0.25) is 0 Å². The van der Waals surface area contributed by atoms with Crippen molar-refractivity contribution in [1.82, 2.24) is 0 Å². The Balaban J connectivity index is 1.37.